The molecule has 8 nitrogen and oxygen atoms in total. The van der Waals surface area contributed by atoms with Crippen LogP contribution >= 0.6 is 0 Å². The molecule has 1 heterocycles. The summed E-state index contributed by atoms with van der Waals surface area (Å²) in [5.41, 5.74) is -0.0572. The van der Waals surface area contributed by atoms with E-state index < -0.39 is 47.6 Å². The second-order valence-corrected chi connectivity index (χ2v) is 11.2. The predicted octanol–water partition coefficient (Wildman–Crippen LogP) is 4.62. The summed E-state index contributed by atoms with van der Waals surface area (Å²) in [5.74, 6) is -1.99. The van der Waals surface area contributed by atoms with E-state index in [0.717, 1.165) is 5.57 Å². The van der Waals surface area contributed by atoms with Crippen molar-refractivity contribution in [2.45, 2.75) is 98.9 Å². The number of rotatable bonds is 8. The number of aliphatic hydroxyl groups is 1. The summed E-state index contributed by atoms with van der Waals surface area (Å²) in [6.45, 7) is 16.4. The number of hydrogen-bond donors (Lipinski definition) is 1. The Labute approximate surface area is 220 Å². The van der Waals surface area contributed by atoms with Crippen molar-refractivity contribution < 1.29 is 38.4 Å². The molecule has 0 aromatic carbocycles. The van der Waals surface area contributed by atoms with Crippen molar-refractivity contribution in [2.75, 3.05) is 0 Å². The first kappa shape index (κ1) is 29.1. The summed E-state index contributed by atoms with van der Waals surface area (Å²) in [6.07, 6.45) is 3.89. The van der Waals surface area contributed by atoms with Crippen molar-refractivity contribution >= 4 is 17.9 Å². The van der Waals surface area contributed by atoms with E-state index in [0.29, 0.717) is 31.3 Å². The highest BCUT2D eigenvalue weighted by Gasteiger charge is 2.71. The number of carbonyl (C=O) groups excluding carboxylic acids is 3. The van der Waals surface area contributed by atoms with Crippen LogP contribution in [-0.4, -0.2) is 47.8 Å². The van der Waals surface area contributed by atoms with Crippen molar-refractivity contribution in [2.24, 2.45) is 28.6 Å². The summed E-state index contributed by atoms with van der Waals surface area (Å²) in [7, 11) is 0. The van der Waals surface area contributed by atoms with Crippen LogP contribution in [0.3, 0.4) is 0 Å². The Morgan fingerprint density at radius 3 is 2.41 bits per heavy atom. The first-order valence-electron chi connectivity index (χ1n) is 13.2. The summed E-state index contributed by atoms with van der Waals surface area (Å²) >= 11 is 0. The van der Waals surface area contributed by atoms with Crippen LogP contribution < -0.4 is 0 Å². The van der Waals surface area contributed by atoms with Crippen LogP contribution in [0.2, 0.25) is 0 Å². The summed E-state index contributed by atoms with van der Waals surface area (Å²) < 4.78 is 23.2. The lowest BCUT2D eigenvalue weighted by Crippen LogP contribution is -2.63. The average molecular weight is 519 g/mol. The number of hydrogen-bond acceptors (Lipinski definition) is 8. The molecule has 1 aliphatic heterocycles. The molecular formula is C29H42O8. The molecule has 3 rings (SSSR count). The summed E-state index contributed by atoms with van der Waals surface area (Å²) in [4.78, 5) is 37.0. The SMILES string of the molecule is C=C/C(C)=C/C[C@]1(C)[C@H]2C[C@H](OC(=O)[C@H](C)CC)C=C3[C@H](OC(C)=O)O[C@H](OC(C)=O)[C@@]32[C@H](O)C[C@@H]1C. The van der Waals surface area contributed by atoms with Gasteiger partial charge in [-0.15, -0.1) is 0 Å². The van der Waals surface area contributed by atoms with Crippen LogP contribution in [0.25, 0.3) is 0 Å². The first-order chi connectivity index (χ1) is 17.3. The molecule has 1 spiro atoms. The highest BCUT2D eigenvalue weighted by molar-refractivity contribution is 5.72. The molecule has 0 radical (unpaired) electrons. The van der Waals surface area contributed by atoms with E-state index in [4.69, 9.17) is 18.9 Å². The fourth-order valence-electron chi connectivity index (χ4n) is 6.30. The highest BCUT2D eigenvalue weighted by Crippen LogP contribution is 2.67. The molecule has 37 heavy (non-hydrogen) atoms. The van der Waals surface area contributed by atoms with Crippen molar-refractivity contribution in [1.29, 1.82) is 0 Å². The van der Waals surface area contributed by atoms with Crippen molar-refractivity contribution in [3.05, 3.63) is 36.0 Å². The maximum atomic E-state index is 12.8. The topological polar surface area (TPSA) is 108 Å². The van der Waals surface area contributed by atoms with E-state index in [1.54, 1.807) is 12.2 Å². The molecule has 1 saturated heterocycles. The molecule has 0 amide bonds. The van der Waals surface area contributed by atoms with Crippen LogP contribution in [0.1, 0.15) is 74.1 Å². The van der Waals surface area contributed by atoms with Crippen molar-refractivity contribution in [1.82, 2.24) is 0 Å². The molecule has 9 atom stereocenters. The lowest BCUT2D eigenvalue weighted by atomic mass is 9.45. The van der Waals surface area contributed by atoms with Gasteiger partial charge in [0.1, 0.15) is 6.10 Å². The minimum Gasteiger partial charge on any atom is -0.458 e. The largest absolute Gasteiger partial charge is 0.458 e. The van der Waals surface area contributed by atoms with Gasteiger partial charge in [0.25, 0.3) is 0 Å². The Kier molecular flexibility index (Phi) is 8.75. The maximum Gasteiger partial charge on any atom is 0.309 e. The molecular weight excluding hydrogens is 476 g/mol. The Morgan fingerprint density at radius 1 is 1.19 bits per heavy atom. The lowest BCUT2D eigenvalue weighted by molar-refractivity contribution is -0.254. The Morgan fingerprint density at radius 2 is 1.84 bits per heavy atom. The molecule has 3 aliphatic rings. The van der Waals surface area contributed by atoms with Crippen LogP contribution in [0, 0.1) is 28.6 Å². The van der Waals surface area contributed by atoms with Gasteiger partial charge in [-0.3, -0.25) is 19.1 Å². The second kappa shape index (κ2) is 11.1. The van der Waals surface area contributed by atoms with Gasteiger partial charge in [-0.05, 0) is 55.9 Å². The van der Waals surface area contributed by atoms with Crippen molar-refractivity contribution in [3.63, 3.8) is 0 Å². The third-order valence-corrected chi connectivity index (χ3v) is 8.87. The maximum absolute atomic E-state index is 12.8. The summed E-state index contributed by atoms with van der Waals surface area (Å²) in [6, 6.07) is 0. The van der Waals surface area contributed by atoms with Crippen LogP contribution in [-0.2, 0) is 33.3 Å². The first-order valence-corrected chi connectivity index (χ1v) is 13.2. The molecule has 2 aliphatic carbocycles. The quantitative estimate of drug-likeness (QED) is 0.215. The van der Waals surface area contributed by atoms with E-state index in [2.05, 4.69) is 26.5 Å². The Hall–Kier alpha value is -2.45. The zero-order chi connectivity index (χ0) is 27.7. The molecule has 1 saturated carbocycles. The molecule has 0 bridgehead atoms. The molecule has 0 aromatic heterocycles. The molecule has 1 N–H and O–H groups in total. The minimum absolute atomic E-state index is 0.0722. The minimum atomic E-state index is -1.17. The highest BCUT2D eigenvalue weighted by atomic mass is 16.8. The number of aliphatic hydroxyl groups excluding tert-OH is 1. The van der Waals surface area contributed by atoms with Crippen LogP contribution in [0.5, 0.6) is 0 Å². The normalized spacial score (nSPS) is 37.9. The number of carbonyl (C=O) groups is 3. The zero-order valence-corrected chi connectivity index (χ0v) is 23.1. The van der Waals surface area contributed by atoms with Gasteiger partial charge in [0.15, 0.2) is 0 Å². The molecule has 2 fully saturated rings. The smallest absolute Gasteiger partial charge is 0.309 e. The van der Waals surface area contributed by atoms with Gasteiger partial charge in [-0.1, -0.05) is 52.0 Å². The van der Waals surface area contributed by atoms with Crippen LogP contribution in [0.4, 0.5) is 0 Å². The Balaban J connectivity index is 2.21. The fraction of sp³-hybridized carbons (Fsp3) is 0.690. The zero-order valence-electron chi connectivity index (χ0n) is 23.1. The van der Waals surface area contributed by atoms with E-state index >= 15 is 0 Å². The van der Waals surface area contributed by atoms with Gasteiger partial charge in [0.2, 0.25) is 12.6 Å². The van der Waals surface area contributed by atoms with Gasteiger partial charge in [-0.2, -0.15) is 0 Å². The lowest BCUT2D eigenvalue weighted by Gasteiger charge is -2.60. The number of allylic oxidation sites excluding steroid dienone is 3. The second-order valence-electron chi connectivity index (χ2n) is 11.2. The Bertz CT molecular complexity index is 982. The average Bonchev–Trinajstić information content (AvgIpc) is 3.12. The summed E-state index contributed by atoms with van der Waals surface area (Å²) in [5, 5.41) is 11.7. The van der Waals surface area contributed by atoms with E-state index in [1.165, 1.54) is 13.8 Å². The third kappa shape index (κ3) is 5.28. The van der Waals surface area contributed by atoms with Gasteiger partial charge >= 0.3 is 17.9 Å². The molecule has 0 aromatic rings. The molecule has 206 valence electrons. The predicted molar refractivity (Wildman–Crippen MR) is 137 cm³/mol. The monoisotopic (exact) mass is 518 g/mol. The van der Waals surface area contributed by atoms with Crippen molar-refractivity contribution in [3.8, 4) is 0 Å². The standard InChI is InChI=1S/C29H42O8/c1-9-16(3)11-12-28(8)18(5)13-24(32)29-22(26(34-19(6)30)37-27(29)35-20(7)31)14-21(15-23(28)29)36-25(33)17(4)10-2/h9,11,14,17-18,21,23-24,26-27,32H,1,10,12-13,15H2,2-8H3/b16-11+/t17-,18+,21-,23-,24-,26-,27+,28+,29+/m1/s1. The molecule has 8 heteroatoms. The fourth-order valence-corrected chi connectivity index (χ4v) is 6.30. The number of ether oxygens (including phenoxy) is 4. The van der Waals surface area contributed by atoms with Crippen LogP contribution in [0.15, 0.2) is 36.0 Å². The van der Waals surface area contributed by atoms with E-state index in [9.17, 15) is 19.5 Å². The van der Waals surface area contributed by atoms with Gasteiger partial charge in [0.05, 0.1) is 17.4 Å². The molecule has 0 unspecified atom stereocenters. The van der Waals surface area contributed by atoms with E-state index in [1.807, 2.05) is 20.8 Å². The van der Waals surface area contributed by atoms with Gasteiger partial charge in [0, 0.05) is 19.4 Å². The van der Waals surface area contributed by atoms with E-state index in [-0.39, 0.29) is 23.7 Å². The van der Waals surface area contributed by atoms with Gasteiger partial charge < -0.3 is 19.3 Å². The van der Waals surface area contributed by atoms with Gasteiger partial charge in [-0.25, -0.2) is 0 Å². The third-order valence-electron chi connectivity index (χ3n) is 8.87. The number of esters is 3.